The molecule has 1 aliphatic heterocycles. The summed E-state index contributed by atoms with van der Waals surface area (Å²) in [6, 6.07) is 14.4. The van der Waals surface area contributed by atoms with E-state index in [1.807, 2.05) is 29.1 Å². The number of hydrogen-bond acceptors (Lipinski definition) is 4. The van der Waals surface area contributed by atoms with Crippen LogP contribution in [0.5, 0.6) is 5.75 Å². The zero-order valence-electron chi connectivity index (χ0n) is 14.8. The Morgan fingerprint density at radius 1 is 1.19 bits per heavy atom. The number of hydrogen-bond donors (Lipinski definition) is 0. The van der Waals surface area contributed by atoms with Crippen LogP contribution in [0.25, 0.3) is 11.3 Å². The van der Waals surface area contributed by atoms with E-state index < -0.39 is 0 Å². The molecule has 4 rings (SSSR count). The van der Waals surface area contributed by atoms with E-state index in [2.05, 4.69) is 43.1 Å². The molecule has 0 unspecified atom stereocenters. The van der Waals surface area contributed by atoms with Crippen molar-refractivity contribution in [3.8, 4) is 17.0 Å². The molecular weight excluding hydrogens is 344 g/mol. The molecule has 0 aliphatic carbocycles. The Morgan fingerprint density at radius 2 is 2.00 bits per heavy atom. The van der Waals surface area contributed by atoms with Gasteiger partial charge < -0.3 is 9.64 Å². The molecule has 0 atom stereocenters. The Balaban J connectivity index is 1.66. The van der Waals surface area contributed by atoms with E-state index >= 15 is 0 Å². The van der Waals surface area contributed by atoms with Gasteiger partial charge in [-0.15, -0.1) is 11.3 Å². The predicted octanol–water partition coefficient (Wildman–Crippen LogP) is 4.86. The third-order valence-electron chi connectivity index (χ3n) is 4.62. The molecule has 0 fully saturated rings. The lowest BCUT2D eigenvalue weighted by Gasteiger charge is -2.30. The van der Waals surface area contributed by atoms with Crippen molar-refractivity contribution in [2.75, 3.05) is 11.5 Å². The van der Waals surface area contributed by atoms with Gasteiger partial charge in [-0.05, 0) is 35.2 Å². The fourth-order valence-electron chi connectivity index (χ4n) is 3.08. The molecule has 0 N–H and O–H groups in total. The van der Waals surface area contributed by atoms with Gasteiger partial charge in [0.25, 0.3) is 5.91 Å². The molecule has 2 heterocycles. The quantitative estimate of drug-likeness (QED) is 0.664. The number of benzene rings is 2. The second kappa shape index (κ2) is 6.92. The summed E-state index contributed by atoms with van der Waals surface area (Å²) < 4.78 is 5.62. The van der Waals surface area contributed by atoms with Crippen molar-refractivity contribution in [3.63, 3.8) is 0 Å². The number of amides is 1. The van der Waals surface area contributed by atoms with Crippen LogP contribution in [0, 0.1) is 0 Å². The number of carbonyl (C=O) groups excluding carboxylic acids is 1. The van der Waals surface area contributed by atoms with Crippen LogP contribution in [0.15, 0.2) is 53.4 Å². The van der Waals surface area contributed by atoms with Crippen molar-refractivity contribution >= 4 is 22.9 Å². The monoisotopic (exact) mass is 364 g/mol. The van der Waals surface area contributed by atoms with Gasteiger partial charge >= 0.3 is 0 Å². The number of thiazole rings is 1. The number of anilines is 1. The highest BCUT2D eigenvalue weighted by molar-refractivity contribution is 7.07. The van der Waals surface area contributed by atoms with E-state index in [4.69, 9.17) is 4.74 Å². The molecule has 1 aliphatic rings. The van der Waals surface area contributed by atoms with Crippen LogP contribution in [-0.2, 0) is 11.3 Å². The highest BCUT2D eigenvalue weighted by atomic mass is 32.1. The number of rotatable bonds is 4. The summed E-state index contributed by atoms with van der Waals surface area (Å²) in [6.45, 7) is 4.97. The van der Waals surface area contributed by atoms with Crippen LogP contribution in [0.4, 0.5) is 5.69 Å². The third-order valence-corrected chi connectivity index (χ3v) is 5.20. The molecule has 1 aromatic heterocycles. The van der Waals surface area contributed by atoms with E-state index in [1.54, 1.807) is 16.2 Å². The van der Waals surface area contributed by atoms with E-state index in [1.165, 1.54) is 5.56 Å². The van der Waals surface area contributed by atoms with Crippen molar-refractivity contribution in [2.24, 2.45) is 0 Å². The summed E-state index contributed by atoms with van der Waals surface area (Å²) in [4.78, 5) is 18.7. The van der Waals surface area contributed by atoms with Crippen LogP contribution in [0.3, 0.4) is 0 Å². The summed E-state index contributed by atoms with van der Waals surface area (Å²) in [5.74, 6) is 1.21. The van der Waals surface area contributed by atoms with Gasteiger partial charge in [-0.1, -0.05) is 38.1 Å². The summed E-state index contributed by atoms with van der Waals surface area (Å²) in [5.41, 5.74) is 6.92. The standard InChI is InChI=1S/C21H20N2O2S/c1-14(2)16-5-3-15(4-6-16)10-23-19-9-17(18-12-26-13-22-18)7-8-20(19)25-11-21(23)24/h3-9,12-14H,10-11H2,1-2H3. The fraction of sp³-hybridized carbons (Fsp3) is 0.238. The molecule has 0 bridgehead atoms. The summed E-state index contributed by atoms with van der Waals surface area (Å²) >= 11 is 1.56. The van der Waals surface area contributed by atoms with Gasteiger partial charge in [0, 0.05) is 10.9 Å². The average Bonchev–Trinajstić information content (AvgIpc) is 3.19. The lowest BCUT2D eigenvalue weighted by atomic mass is 10.0. The normalized spacial score (nSPS) is 13.7. The first-order valence-corrected chi connectivity index (χ1v) is 9.60. The number of nitrogens with zero attached hydrogens (tertiary/aromatic N) is 2. The van der Waals surface area contributed by atoms with E-state index in [-0.39, 0.29) is 12.5 Å². The minimum Gasteiger partial charge on any atom is -0.482 e. The van der Waals surface area contributed by atoms with Crippen molar-refractivity contribution in [2.45, 2.75) is 26.3 Å². The molecule has 132 valence electrons. The largest absolute Gasteiger partial charge is 0.482 e. The van der Waals surface area contributed by atoms with Crippen LogP contribution >= 0.6 is 11.3 Å². The van der Waals surface area contributed by atoms with Gasteiger partial charge in [0.1, 0.15) is 5.75 Å². The molecule has 0 radical (unpaired) electrons. The molecule has 5 heteroatoms. The predicted molar refractivity (Wildman–Crippen MR) is 105 cm³/mol. The Hall–Kier alpha value is -2.66. The highest BCUT2D eigenvalue weighted by Crippen LogP contribution is 2.36. The number of ether oxygens (including phenoxy) is 1. The minimum atomic E-state index is -0.0270. The van der Waals surface area contributed by atoms with E-state index in [0.717, 1.165) is 28.3 Å². The molecule has 0 spiro atoms. The summed E-state index contributed by atoms with van der Waals surface area (Å²) in [6.07, 6.45) is 0. The molecule has 3 aromatic rings. The molecule has 4 nitrogen and oxygen atoms in total. The Morgan fingerprint density at radius 3 is 2.69 bits per heavy atom. The van der Waals surface area contributed by atoms with E-state index in [9.17, 15) is 4.79 Å². The molecular formula is C21H20N2O2S. The number of aromatic nitrogens is 1. The van der Waals surface area contributed by atoms with Crippen molar-refractivity contribution in [1.82, 2.24) is 4.98 Å². The molecule has 2 aromatic carbocycles. The lowest BCUT2D eigenvalue weighted by Crippen LogP contribution is -2.38. The minimum absolute atomic E-state index is 0.0270. The van der Waals surface area contributed by atoms with Gasteiger partial charge in [-0.2, -0.15) is 0 Å². The topological polar surface area (TPSA) is 42.4 Å². The smallest absolute Gasteiger partial charge is 0.265 e. The Kier molecular flexibility index (Phi) is 4.47. The fourth-order valence-corrected chi connectivity index (χ4v) is 3.64. The van der Waals surface area contributed by atoms with Gasteiger partial charge in [-0.3, -0.25) is 4.79 Å². The van der Waals surface area contributed by atoms with Crippen LogP contribution in [0.2, 0.25) is 0 Å². The Labute approximate surface area is 157 Å². The number of fused-ring (bicyclic) bond motifs is 1. The molecule has 0 saturated heterocycles. The first-order chi connectivity index (χ1) is 12.6. The SMILES string of the molecule is CC(C)c1ccc(CN2C(=O)COc3ccc(-c4cscn4)cc32)cc1. The maximum absolute atomic E-state index is 12.5. The second-order valence-corrected chi connectivity index (χ2v) is 7.44. The van der Waals surface area contributed by atoms with Crippen LogP contribution in [-0.4, -0.2) is 17.5 Å². The van der Waals surface area contributed by atoms with E-state index in [0.29, 0.717) is 12.5 Å². The van der Waals surface area contributed by atoms with Crippen molar-refractivity contribution < 1.29 is 9.53 Å². The Bertz CT molecular complexity index is 918. The van der Waals surface area contributed by atoms with Crippen molar-refractivity contribution in [3.05, 3.63) is 64.5 Å². The molecule has 1 amide bonds. The second-order valence-electron chi connectivity index (χ2n) is 6.72. The molecule has 26 heavy (non-hydrogen) atoms. The van der Waals surface area contributed by atoms with Crippen LogP contribution in [0.1, 0.15) is 30.9 Å². The van der Waals surface area contributed by atoms with Gasteiger partial charge in [0.2, 0.25) is 0 Å². The average molecular weight is 364 g/mol. The van der Waals surface area contributed by atoms with Gasteiger partial charge in [-0.25, -0.2) is 4.98 Å². The maximum atomic E-state index is 12.5. The first-order valence-electron chi connectivity index (χ1n) is 8.66. The third kappa shape index (κ3) is 3.22. The zero-order chi connectivity index (χ0) is 18.1. The lowest BCUT2D eigenvalue weighted by molar-refractivity contribution is -0.121. The van der Waals surface area contributed by atoms with Crippen LogP contribution < -0.4 is 9.64 Å². The van der Waals surface area contributed by atoms with Gasteiger partial charge in [0.05, 0.1) is 23.4 Å². The summed E-state index contributed by atoms with van der Waals surface area (Å²) in [5, 5.41) is 2.00. The maximum Gasteiger partial charge on any atom is 0.265 e. The number of carbonyl (C=O) groups is 1. The zero-order valence-corrected chi connectivity index (χ0v) is 15.6. The molecule has 0 saturated carbocycles. The summed E-state index contributed by atoms with van der Waals surface area (Å²) in [7, 11) is 0. The van der Waals surface area contributed by atoms with Crippen molar-refractivity contribution in [1.29, 1.82) is 0 Å². The first kappa shape index (κ1) is 16.8. The van der Waals surface area contributed by atoms with Gasteiger partial charge in [0.15, 0.2) is 6.61 Å². The highest BCUT2D eigenvalue weighted by Gasteiger charge is 2.26.